The number of carbonyl (C=O) groups excluding carboxylic acids is 1. The van der Waals surface area contributed by atoms with Gasteiger partial charge in [0.15, 0.2) is 0 Å². The molecule has 2 aliphatic heterocycles. The summed E-state index contributed by atoms with van der Waals surface area (Å²) in [5.74, 6) is 0.142. The largest absolute Gasteiger partial charge is 0.337 e. The van der Waals surface area contributed by atoms with Crippen molar-refractivity contribution in [2.45, 2.75) is 18.6 Å². The van der Waals surface area contributed by atoms with E-state index in [0.29, 0.717) is 12.6 Å². The predicted octanol–water partition coefficient (Wildman–Crippen LogP) is 1.66. The number of nitrogens with zero attached hydrogens (tertiary/aromatic N) is 2. The highest BCUT2D eigenvalue weighted by atomic mass is 16.2. The van der Waals surface area contributed by atoms with E-state index in [9.17, 15) is 4.79 Å². The number of aromatic nitrogens is 1. The van der Waals surface area contributed by atoms with Gasteiger partial charge in [0.2, 0.25) is 0 Å². The maximum Gasteiger partial charge on any atom is 0.271 e. The van der Waals surface area contributed by atoms with Crippen molar-refractivity contribution in [3.8, 4) is 0 Å². The second kappa shape index (κ2) is 4.49. The zero-order valence-corrected chi connectivity index (χ0v) is 11.2. The van der Waals surface area contributed by atoms with Crippen molar-refractivity contribution >= 4 is 5.91 Å². The lowest BCUT2D eigenvalue weighted by atomic mass is 10.0. The molecular weight excluding hydrogens is 250 g/mol. The van der Waals surface area contributed by atoms with Gasteiger partial charge in [-0.05, 0) is 17.7 Å². The average molecular weight is 267 g/mol. The summed E-state index contributed by atoms with van der Waals surface area (Å²) in [7, 11) is 0. The van der Waals surface area contributed by atoms with Crippen LogP contribution in [0.1, 0.15) is 22.1 Å². The van der Waals surface area contributed by atoms with Gasteiger partial charge in [-0.2, -0.15) is 0 Å². The van der Waals surface area contributed by atoms with Gasteiger partial charge in [-0.25, -0.2) is 0 Å². The van der Waals surface area contributed by atoms with Crippen LogP contribution in [0.2, 0.25) is 0 Å². The van der Waals surface area contributed by atoms with Crippen LogP contribution in [0.4, 0.5) is 0 Å². The fourth-order valence-electron chi connectivity index (χ4n) is 3.38. The fraction of sp³-hybridized carbons (Fsp3) is 0.312. The summed E-state index contributed by atoms with van der Waals surface area (Å²) in [5.41, 5.74) is 2.00. The van der Waals surface area contributed by atoms with E-state index in [1.165, 1.54) is 5.56 Å². The van der Waals surface area contributed by atoms with Crippen molar-refractivity contribution in [3.05, 3.63) is 59.9 Å². The van der Waals surface area contributed by atoms with Crippen LogP contribution < -0.4 is 5.32 Å². The standard InChI is InChI=1S/C16H17N3O/c20-16-13-7-4-8-18(13)14-9-17-10-15(14)19(16)11-12-5-2-1-3-6-12/h1-8,14-15,17H,9-11H2. The van der Waals surface area contributed by atoms with Crippen molar-refractivity contribution in [3.63, 3.8) is 0 Å². The molecule has 0 aliphatic carbocycles. The first kappa shape index (κ1) is 11.7. The van der Waals surface area contributed by atoms with E-state index >= 15 is 0 Å². The van der Waals surface area contributed by atoms with Crippen LogP contribution in [0.3, 0.4) is 0 Å². The molecule has 4 rings (SSSR count). The number of nitrogens with one attached hydrogen (secondary N) is 1. The minimum absolute atomic E-state index is 0.142. The Balaban J connectivity index is 1.71. The van der Waals surface area contributed by atoms with E-state index < -0.39 is 0 Å². The van der Waals surface area contributed by atoms with Gasteiger partial charge in [-0.1, -0.05) is 30.3 Å². The van der Waals surface area contributed by atoms with Gasteiger partial charge in [-0.15, -0.1) is 0 Å². The molecule has 2 aliphatic rings. The molecule has 1 N–H and O–H groups in total. The number of carbonyl (C=O) groups is 1. The molecule has 1 fully saturated rings. The lowest BCUT2D eigenvalue weighted by molar-refractivity contribution is 0.0561. The van der Waals surface area contributed by atoms with E-state index in [2.05, 4.69) is 22.0 Å². The van der Waals surface area contributed by atoms with Crippen LogP contribution in [0.15, 0.2) is 48.7 Å². The van der Waals surface area contributed by atoms with Crippen molar-refractivity contribution in [2.75, 3.05) is 13.1 Å². The van der Waals surface area contributed by atoms with Crippen LogP contribution in [0, 0.1) is 0 Å². The molecule has 3 heterocycles. The van der Waals surface area contributed by atoms with Crippen molar-refractivity contribution in [1.82, 2.24) is 14.8 Å². The number of amides is 1. The second-order valence-corrected chi connectivity index (χ2v) is 5.51. The maximum atomic E-state index is 12.7. The molecule has 1 saturated heterocycles. The topological polar surface area (TPSA) is 37.3 Å². The molecule has 1 aromatic carbocycles. The third-order valence-electron chi connectivity index (χ3n) is 4.36. The molecule has 4 heteroatoms. The summed E-state index contributed by atoms with van der Waals surface area (Å²) < 4.78 is 2.13. The Kier molecular flexibility index (Phi) is 2.63. The number of hydrogen-bond donors (Lipinski definition) is 1. The molecule has 4 nitrogen and oxygen atoms in total. The molecule has 0 bridgehead atoms. The van der Waals surface area contributed by atoms with Gasteiger partial charge in [0, 0.05) is 25.8 Å². The van der Waals surface area contributed by atoms with Crippen molar-refractivity contribution < 1.29 is 4.79 Å². The summed E-state index contributed by atoms with van der Waals surface area (Å²) in [6.07, 6.45) is 2.03. The third-order valence-corrected chi connectivity index (χ3v) is 4.36. The van der Waals surface area contributed by atoms with Crippen LogP contribution in [0.5, 0.6) is 0 Å². The second-order valence-electron chi connectivity index (χ2n) is 5.51. The van der Waals surface area contributed by atoms with Crippen LogP contribution in [-0.2, 0) is 6.54 Å². The van der Waals surface area contributed by atoms with E-state index in [4.69, 9.17) is 0 Å². The van der Waals surface area contributed by atoms with E-state index in [-0.39, 0.29) is 11.9 Å². The number of rotatable bonds is 2. The first-order chi connectivity index (χ1) is 9.84. The highest BCUT2D eigenvalue weighted by molar-refractivity contribution is 5.94. The fourth-order valence-corrected chi connectivity index (χ4v) is 3.38. The molecule has 1 aromatic heterocycles. The van der Waals surface area contributed by atoms with Gasteiger partial charge in [0.05, 0.1) is 12.1 Å². The van der Waals surface area contributed by atoms with Crippen LogP contribution in [0.25, 0.3) is 0 Å². The first-order valence-electron chi connectivity index (χ1n) is 7.07. The van der Waals surface area contributed by atoms with E-state index in [0.717, 1.165) is 18.8 Å². The molecule has 102 valence electrons. The normalized spacial score (nSPS) is 24.6. The molecule has 0 spiro atoms. The molecule has 20 heavy (non-hydrogen) atoms. The van der Waals surface area contributed by atoms with Gasteiger partial charge in [0.1, 0.15) is 5.69 Å². The Morgan fingerprint density at radius 3 is 2.70 bits per heavy atom. The number of hydrogen-bond acceptors (Lipinski definition) is 2. The number of benzene rings is 1. The quantitative estimate of drug-likeness (QED) is 0.898. The third kappa shape index (κ3) is 1.68. The van der Waals surface area contributed by atoms with Crippen LogP contribution in [-0.4, -0.2) is 34.5 Å². The summed E-state index contributed by atoms with van der Waals surface area (Å²) in [4.78, 5) is 14.7. The Labute approximate surface area is 118 Å². The molecule has 2 aromatic rings. The zero-order chi connectivity index (χ0) is 13.5. The molecule has 0 radical (unpaired) electrons. The van der Waals surface area contributed by atoms with E-state index in [1.807, 2.05) is 41.4 Å². The van der Waals surface area contributed by atoms with Crippen molar-refractivity contribution in [1.29, 1.82) is 0 Å². The molecule has 2 atom stereocenters. The minimum Gasteiger partial charge on any atom is -0.337 e. The Hall–Kier alpha value is -2.07. The smallest absolute Gasteiger partial charge is 0.271 e. The highest BCUT2D eigenvalue weighted by Gasteiger charge is 2.41. The number of fused-ring (bicyclic) bond motifs is 3. The summed E-state index contributed by atoms with van der Waals surface area (Å²) in [6.45, 7) is 2.50. The SMILES string of the molecule is O=C1c2cccn2C2CNCC2N1Cc1ccccc1. The summed E-state index contributed by atoms with van der Waals surface area (Å²) in [6, 6.07) is 14.7. The maximum absolute atomic E-state index is 12.7. The van der Waals surface area contributed by atoms with Gasteiger partial charge in [-0.3, -0.25) is 4.79 Å². The Morgan fingerprint density at radius 1 is 1.05 bits per heavy atom. The first-order valence-corrected chi connectivity index (χ1v) is 7.07. The van der Waals surface area contributed by atoms with E-state index in [1.54, 1.807) is 0 Å². The Bertz CT molecular complexity index is 634. The summed E-state index contributed by atoms with van der Waals surface area (Å²) in [5, 5.41) is 3.42. The van der Waals surface area contributed by atoms with Gasteiger partial charge in [0.25, 0.3) is 5.91 Å². The lowest BCUT2D eigenvalue weighted by Gasteiger charge is -2.38. The average Bonchev–Trinajstić information content (AvgIpc) is 3.12. The lowest BCUT2D eigenvalue weighted by Crippen LogP contribution is -2.49. The van der Waals surface area contributed by atoms with Gasteiger partial charge < -0.3 is 14.8 Å². The molecule has 1 amide bonds. The monoisotopic (exact) mass is 267 g/mol. The predicted molar refractivity (Wildman–Crippen MR) is 76.4 cm³/mol. The zero-order valence-electron chi connectivity index (χ0n) is 11.2. The molecule has 2 unspecified atom stereocenters. The molecule has 0 saturated carbocycles. The van der Waals surface area contributed by atoms with Crippen molar-refractivity contribution in [2.24, 2.45) is 0 Å². The highest BCUT2D eigenvalue weighted by Crippen LogP contribution is 2.31. The Morgan fingerprint density at radius 2 is 1.85 bits per heavy atom. The molecular formula is C16H17N3O. The summed E-state index contributed by atoms with van der Waals surface area (Å²) >= 11 is 0. The van der Waals surface area contributed by atoms with Gasteiger partial charge >= 0.3 is 0 Å². The van der Waals surface area contributed by atoms with Crippen LogP contribution >= 0.6 is 0 Å². The minimum atomic E-state index is 0.142.